The highest BCUT2D eigenvalue weighted by Gasteiger charge is 2.45. The molecule has 2 aliphatic heterocycles. The van der Waals surface area contributed by atoms with E-state index in [0.29, 0.717) is 23.5 Å². The summed E-state index contributed by atoms with van der Waals surface area (Å²) < 4.78 is 42.1. The van der Waals surface area contributed by atoms with Crippen LogP contribution in [0.15, 0.2) is 125 Å². The van der Waals surface area contributed by atoms with Crippen LogP contribution < -0.4 is 20.7 Å². The first-order valence-electron chi connectivity index (χ1n) is 18.4. The van der Waals surface area contributed by atoms with Crippen LogP contribution in [0.3, 0.4) is 0 Å². The summed E-state index contributed by atoms with van der Waals surface area (Å²) in [6.07, 6.45) is 0.0228. The monoisotopic (exact) mass is 772 g/mol. The Balaban J connectivity index is 1.21. The van der Waals surface area contributed by atoms with Crippen LogP contribution in [0.2, 0.25) is 0 Å². The van der Waals surface area contributed by atoms with Crippen molar-refractivity contribution < 1.29 is 28.0 Å². The number of fused-ring (bicyclic) bond motifs is 3. The van der Waals surface area contributed by atoms with Gasteiger partial charge in [-0.25, -0.2) is 4.79 Å². The van der Waals surface area contributed by atoms with E-state index in [2.05, 4.69) is 21.5 Å². The molecule has 0 amide bonds. The molecule has 12 nitrogen and oxygen atoms in total. The minimum absolute atomic E-state index is 0.0231. The first-order chi connectivity index (χ1) is 27.3. The fourth-order valence-electron chi connectivity index (χ4n) is 7.59. The van der Waals surface area contributed by atoms with Crippen molar-refractivity contribution in [3.05, 3.63) is 164 Å². The number of H-pyrrole nitrogens is 1. The van der Waals surface area contributed by atoms with Crippen LogP contribution >= 0.6 is 8.53 Å². The summed E-state index contributed by atoms with van der Waals surface area (Å²) in [5.74, 6) is 1.40. The van der Waals surface area contributed by atoms with E-state index in [1.165, 1.54) is 10.8 Å². The maximum atomic E-state index is 13.2. The molecule has 4 aromatic carbocycles. The second-order valence-electron chi connectivity index (χ2n) is 13.8. The molecule has 8 rings (SSSR count). The number of hydrogen-bond donors (Lipinski definition) is 1. The van der Waals surface area contributed by atoms with E-state index < -0.39 is 43.8 Å². The third-order valence-corrected chi connectivity index (χ3v) is 12.1. The van der Waals surface area contributed by atoms with Crippen LogP contribution in [0.25, 0.3) is 10.9 Å². The van der Waals surface area contributed by atoms with Crippen LogP contribution in [-0.4, -0.2) is 53.0 Å². The summed E-state index contributed by atoms with van der Waals surface area (Å²) in [6.45, 7) is 1.67. The normalized spacial score (nSPS) is 20.7. The van der Waals surface area contributed by atoms with Crippen LogP contribution in [0.4, 0.5) is 0 Å². The lowest BCUT2D eigenvalue weighted by molar-refractivity contribution is -0.0922. The predicted molar refractivity (Wildman–Crippen MR) is 211 cm³/mol. The van der Waals surface area contributed by atoms with Crippen molar-refractivity contribution in [2.45, 2.75) is 56.3 Å². The van der Waals surface area contributed by atoms with Crippen molar-refractivity contribution in [3.63, 3.8) is 0 Å². The van der Waals surface area contributed by atoms with E-state index in [1.807, 2.05) is 103 Å². The molecule has 0 spiro atoms. The van der Waals surface area contributed by atoms with Gasteiger partial charge in [0.05, 0.1) is 51.0 Å². The average Bonchev–Trinajstić information content (AvgIpc) is 3.81. The van der Waals surface area contributed by atoms with E-state index >= 15 is 0 Å². The molecule has 5 atom stereocenters. The van der Waals surface area contributed by atoms with Gasteiger partial charge in [0, 0.05) is 35.7 Å². The van der Waals surface area contributed by atoms with Crippen molar-refractivity contribution in [1.29, 1.82) is 5.26 Å². The van der Waals surface area contributed by atoms with Crippen LogP contribution in [0.1, 0.15) is 47.0 Å². The highest BCUT2D eigenvalue weighted by molar-refractivity contribution is 7.46. The number of para-hydroxylation sites is 1. The molecule has 0 aliphatic carbocycles. The summed E-state index contributed by atoms with van der Waals surface area (Å²) in [5, 5.41) is 10.7. The van der Waals surface area contributed by atoms with Gasteiger partial charge in [-0.2, -0.15) is 5.26 Å². The molecule has 0 radical (unpaired) electrons. The SMILES string of the molecule is COc1ccc(C(OC[C@H]2O[C@@H](n3cc(C)c(=O)[nH]c3=O)C[C@@H]2OP2O[C@H](CC#N)Cc3cc4ccccc4n32)(c2ccccc2)c2ccc(OC)cc2)cc1. The highest BCUT2D eigenvalue weighted by atomic mass is 31.2. The second kappa shape index (κ2) is 15.9. The number of benzene rings is 4. The number of hydrogen-bond acceptors (Lipinski definition) is 9. The van der Waals surface area contributed by atoms with E-state index in [4.69, 9.17) is 28.0 Å². The Morgan fingerprint density at radius 1 is 0.893 bits per heavy atom. The van der Waals surface area contributed by atoms with Crippen molar-refractivity contribution in [1.82, 2.24) is 13.9 Å². The number of aromatic amines is 1. The van der Waals surface area contributed by atoms with Crippen LogP contribution in [0.5, 0.6) is 11.5 Å². The van der Waals surface area contributed by atoms with E-state index in [-0.39, 0.29) is 25.6 Å². The number of aryl methyl sites for hydroxylation is 1. The molecule has 2 aromatic heterocycles. The Bertz CT molecular complexity index is 2430. The number of ether oxygens (including phenoxy) is 4. The molecule has 56 heavy (non-hydrogen) atoms. The van der Waals surface area contributed by atoms with Gasteiger partial charge in [-0.1, -0.05) is 72.8 Å². The lowest BCUT2D eigenvalue weighted by Gasteiger charge is -2.37. The van der Waals surface area contributed by atoms with Gasteiger partial charge < -0.3 is 28.0 Å². The van der Waals surface area contributed by atoms with Gasteiger partial charge in [0.2, 0.25) is 0 Å². The fourth-order valence-corrected chi connectivity index (χ4v) is 9.40. The number of aromatic nitrogens is 3. The lowest BCUT2D eigenvalue weighted by Crippen LogP contribution is -2.38. The lowest BCUT2D eigenvalue weighted by atomic mass is 9.80. The predicted octanol–water partition coefficient (Wildman–Crippen LogP) is 7.13. The molecule has 1 fully saturated rings. The minimum Gasteiger partial charge on any atom is -0.497 e. The van der Waals surface area contributed by atoms with Crippen molar-refractivity contribution in [2.75, 3.05) is 20.8 Å². The van der Waals surface area contributed by atoms with Gasteiger partial charge in [0.25, 0.3) is 14.1 Å². The number of nitrogens with one attached hydrogen (secondary N) is 1. The summed E-state index contributed by atoms with van der Waals surface area (Å²) in [7, 11) is 1.48. The average molecular weight is 773 g/mol. The summed E-state index contributed by atoms with van der Waals surface area (Å²) in [5.41, 5.74) is 2.71. The molecule has 1 N–H and O–H groups in total. The maximum absolute atomic E-state index is 13.2. The van der Waals surface area contributed by atoms with E-state index in [9.17, 15) is 14.9 Å². The molecule has 286 valence electrons. The van der Waals surface area contributed by atoms with Crippen molar-refractivity contribution in [2.24, 2.45) is 0 Å². The van der Waals surface area contributed by atoms with Crippen molar-refractivity contribution >= 4 is 19.4 Å². The Labute approximate surface area is 324 Å². The molecule has 0 bridgehead atoms. The molecule has 6 aromatic rings. The maximum Gasteiger partial charge on any atom is 0.330 e. The van der Waals surface area contributed by atoms with Gasteiger partial charge in [0.1, 0.15) is 29.4 Å². The first kappa shape index (κ1) is 37.4. The molecule has 4 heterocycles. The first-order valence-corrected chi connectivity index (χ1v) is 19.5. The summed E-state index contributed by atoms with van der Waals surface area (Å²) >= 11 is 0. The van der Waals surface area contributed by atoms with E-state index in [1.54, 1.807) is 21.1 Å². The van der Waals surface area contributed by atoms with Gasteiger partial charge in [-0.3, -0.25) is 18.7 Å². The van der Waals surface area contributed by atoms with Crippen LogP contribution in [-0.2, 0) is 30.5 Å². The third-order valence-electron chi connectivity index (χ3n) is 10.4. The van der Waals surface area contributed by atoms with Gasteiger partial charge >= 0.3 is 5.69 Å². The Morgan fingerprint density at radius 3 is 2.20 bits per heavy atom. The molecule has 2 aliphatic rings. The fraction of sp³-hybridized carbons (Fsp3) is 0.279. The standard InChI is InChI=1S/C43H41N4O8P/c1-28-26-46(42(49)45-41(28)48)40-25-38(55-56-47-33(24-36(54-56)21-22-44)23-29-9-7-8-12-37(29)47)39(53-40)27-52-43(30-10-5-4-6-11-30,31-13-17-34(50-2)18-14-31)32-15-19-35(51-3)20-16-32/h4-20,23,26,36,38-40H,21,24-25,27H2,1-3H3,(H,45,48,49)/t36-,38+,39-,40-,56?/m1/s1. The molecule has 1 saturated heterocycles. The Morgan fingerprint density at radius 2 is 1.54 bits per heavy atom. The zero-order valence-corrected chi connectivity index (χ0v) is 32.1. The smallest absolute Gasteiger partial charge is 0.330 e. The van der Waals surface area contributed by atoms with Gasteiger partial charge in [0.15, 0.2) is 0 Å². The molecular formula is C43H41N4O8P. The number of nitriles is 1. The van der Waals surface area contributed by atoms with Crippen molar-refractivity contribution in [3.8, 4) is 17.6 Å². The zero-order chi connectivity index (χ0) is 38.8. The quantitative estimate of drug-likeness (QED) is 0.102. The van der Waals surface area contributed by atoms with Crippen LogP contribution in [0, 0.1) is 18.3 Å². The Hall–Kier alpha value is -5.54. The Kier molecular flexibility index (Phi) is 10.6. The number of methoxy groups -OCH3 is 2. The number of rotatable bonds is 12. The second-order valence-corrected chi connectivity index (χ2v) is 15.1. The van der Waals surface area contributed by atoms with Gasteiger partial charge in [-0.05, 0) is 60.0 Å². The minimum atomic E-state index is -1.77. The molecule has 0 saturated carbocycles. The summed E-state index contributed by atoms with van der Waals surface area (Å²) in [4.78, 5) is 28.0. The molecular weight excluding hydrogens is 731 g/mol. The van der Waals surface area contributed by atoms with Gasteiger partial charge in [-0.15, -0.1) is 0 Å². The summed E-state index contributed by atoms with van der Waals surface area (Å²) in [6, 6.07) is 37.9. The molecule has 13 heteroatoms. The largest absolute Gasteiger partial charge is 0.497 e. The number of nitrogens with zero attached hydrogens (tertiary/aromatic N) is 3. The topological polar surface area (TPSA) is 139 Å². The zero-order valence-electron chi connectivity index (χ0n) is 31.2. The van der Waals surface area contributed by atoms with E-state index in [0.717, 1.165) is 33.3 Å². The highest BCUT2D eigenvalue weighted by Crippen LogP contribution is 2.53. The molecule has 1 unspecified atom stereocenters. The third kappa shape index (κ3) is 7.05.